The molecule has 3 aromatic heterocycles. The highest BCUT2D eigenvalue weighted by atomic mass is 19.1. The highest BCUT2D eigenvalue weighted by Gasteiger charge is 2.27. The number of nitrogens with zero attached hydrogens (tertiary/aromatic N) is 6. The highest BCUT2D eigenvalue weighted by Crippen LogP contribution is 2.31. The van der Waals surface area contributed by atoms with Crippen molar-refractivity contribution in [2.24, 2.45) is 5.92 Å². The van der Waals surface area contributed by atoms with Crippen molar-refractivity contribution in [2.75, 3.05) is 13.1 Å². The maximum Gasteiger partial charge on any atom is 0.253 e. The highest BCUT2D eigenvalue weighted by molar-refractivity contribution is 5.94. The first kappa shape index (κ1) is 21.8. The van der Waals surface area contributed by atoms with Gasteiger partial charge in [0.05, 0.1) is 30.4 Å². The zero-order chi connectivity index (χ0) is 23.5. The minimum absolute atomic E-state index is 0.0494. The molecule has 1 atom stereocenters. The lowest BCUT2D eigenvalue weighted by molar-refractivity contribution is 0.0679. The number of rotatable bonds is 6. The van der Waals surface area contributed by atoms with E-state index in [0.717, 1.165) is 41.6 Å². The Morgan fingerprint density at radius 2 is 2.00 bits per heavy atom. The van der Waals surface area contributed by atoms with Crippen LogP contribution in [0.5, 0.6) is 0 Å². The summed E-state index contributed by atoms with van der Waals surface area (Å²) < 4.78 is 15.0. The van der Waals surface area contributed by atoms with E-state index >= 15 is 0 Å². The van der Waals surface area contributed by atoms with E-state index in [9.17, 15) is 14.4 Å². The molecule has 1 aliphatic heterocycles. The topological polar surface area (TPSA) is 103 Å². The number of nitriles is 1. The Labute approximate surface area is 196 Å². The van der Waals surface area contributed by atoms with Gasteiger partial charge in [-0.15, -0.1) is 0 Å². The fourth-order valence-electron chi connectivity index (χ4n) is 4.68. The first-order valence-electron chi connectivity index (χ1n) is 11.4. The Hall–Kier alpha value is -4.06. The SMILES string of the molecule is N#CCC(CC1CCN(C(=O)c2ccc(F)cc2)CC1)n1cc(-c2ncnc3[nH]ccc23)cn1. The van der Waals surface area contributed by atoms with Gasteiger partial charge in [0.1, 0.15) is 17.8 Å². The van der Waals surface area contributed by atoms with Gasteiger partial charge < -0.3 is 9.88 Å². The minimum Gasteiger partial charge on any atom is -0.346 e. The zero-order valence-corrected chi connectivity index (χ0v) is 18.6. The molecule has 1 aliphatic rings. The molecule has 1 aromatic carbocycles. The average molecular weight is 458 g/mol. The van der Waals surface area contributed by atoms with Crippen LogP contribution in [0.15, 0.2) is 55.2 Å². The molecule has 0 spiro atoms. The van der Waals surface area contributed by atoms with Gasteiger partial charge >= 0.3 is 0 Å². The average Bonchev–Trinajstić information content (AvgIpc) is 3.54. The summed E-state index contributed by atoms with van der Waals surface area (Å²) >= 11 is 0. The van der Waals surface area contributed by atoms with E-state index in [1.807, 2.05) is 28.0 Å². The third-order valence-corrected chi connectivity index (χ3v) is 6.53. The molecule has 1 saturated heterocycles. The second-order valence-corrected chi connectivity index (χ2v) is 8.67. The van der Waals surface area contributed by atoms with E-state index < -0.39 is 0 Å². The zero-order valence-electron chi connectivity index (χ0n) is 18.6. The Morgan fingerprint density at radius 3 is 2.76 bits per heavy atom. The van der Waals surface area contributed by atoms with Gasteiger partial charge in [-0.1, -0.05) is 0 Å². The maximum atomic E-state index is 13.2. The van der Waals surface area contributed by atoms with Crippen LogP contribution in [0.2, 0.25) is 0 Å². The fraction of sp³-hybridized carbons (Fsp3) is 0.320. The third kappa shape index (κ3) is 4.39. The molecular weight excluding hydrogens is 433 g/mol. The summed E-state index contributed by atoms with van der Waals surface area (Å²) in [5.41, 5.74) is 2.97. The van der Waals surface area contributed by atoms with Gasteiger partial charge in [-0.3, -0.25) is 9.48 Å². The van der Waals surface area contributed by atoms with E-state index in [0.29, 0.717) is 31.0 Å². The molecule has 0 saturated carbocycles. The lowest BCUT2D eigenvalue weighted by Gasteiger charge is -2.33. The molecule has 4 heterocycles. The van der Waals surface area contributed by atoms with E-state index in [1.54, 1.807) is 6.20 Å². The number of carbonyl (C=O) groups excluding carboxylic acids is 1. The van der Waals surface area contributed by atoms with Crippen LogP contribution >= 0.6 is 0 Å². The number of benzene rings is 1. The number of carbonyl (C=O) groups is 1. The van der Waals surface area contributed by atoms with E-state index in [4.69, 9.17) is 0 Å². The number of amides is 1. The summed E-state index contributed by atoms with van der Waals surface area (Å²) in [6, 6.07) is 9.87. The van der Waals surface area contributed by atoms with Crippen molar-refractivity contribution in [3.8, 4) is 17.3 Å². The number of fused-ring (bicyclic) bond motifs is 1. The summed E-state index contributed by atoms with van der Waals surface area (Å²) in [6.07, 6.45) is 9.98. The molecule has 172 valence electrons. The van der Waals surface area contributed by atoms with Crippen molar-refractivity contribution >= 4 is 16.9 Å². The van der Waals surface area contributed by atoms with Crippen LogP contribution in [0.1, 0.15) is 42.1 Å². The first-order valence-corrected chi connectivity index (χ1v) is 11.4. The van der Waals surface area contributed by atoms with Gasteiger partial charge in [-0.25, -0.2) is 14.4 Å². The summed E-state index contributed by atoms with van der Waals surface area (Å²) in [7, 11) is 0. The molecule has 5 rings (SSSR count). The summed E-state index contributed by atoms with van der Waals surface area (Å²) in [4.78, 5) is 26.3. The number of hydrogen-bond donors (Lipinski definition) is 1. The Bertz CT molecular complexity index is 1330. The van der Waals surface area contributed by atoms with Crippen molar-refractivity contribution < 1.29 is 9.18 Å². The van der Waals surface area contributed by atoms with Gasteiger partial charge in [0.2, 0.25) is 0 Å². The molecule has 34 heavy (non-hydrogen) atoms. The van der Waals surface area contributed by atoms with E-state index in [2.05, 4.69) is 26.1 Å². The van der Waals surface area contributed by atoms with Crippen LogP contribution < -0.4 is 0 Å². The molecule has 1 N–H and O–H groups in total. The largest absolute Gasteiger partial charge is 0.346 e. The second-order valence-electron chi connectivity index (χ2n) is 8.67. The number of aromatic amines is 1. The van der Waals surface area contributed by atoms with Crippen LogP contribution in [0.3, 0.4) is 0 Å². The molecule has 4 aromatic rings. The quantitative estimate of drug-likeness (QED) is 0.463. The smallest absolute Gasteiger partial charge is 0.253 e. The Morgan fingerprint density at radius 1 is 1.21 bits per heavy atom. The predicted octanol–water partition coefficient (Wildman–Crippen LogP) is 4.36. The first-order chi connectivity index (χ1) is 16.6. The number of aromatic nitrogens is 5. The molecule has 1 amide bonds. The van der Waals surface area contributed by atoms with Gasteiger partial charge in [0, 0.05) is 42.0 Å². The number of H-pyrrole nitrogens is 1. The van der Waals surface area contributed by atoms with Gasteiger partial charge in [0.15, 0.2) is 0 Å². The van der Waals surface area contributed by atoms with Gasteiger partial charge in [-0.05, 0) is 55.5 Å². The standard InChI is InChI=1S/C25H24FN7O/c26-20-3-1-18(2-4-20)25(34)32-11-7-17(8-12-32)13-21(5-9-27)33-15-19(14-31-33)23-22-6-10-28-24(22)30-16-29-23/h1-4,6,10,14-17,21H,5,7-8,11-13H2,(H,28,29,30). The van der Waals surface area contributed by atoms with E-state index in [-0.39, 0.29) is 17.8 Å². The monoisotopic (exact) mass is 457 g/mol. The minimum atomic E-state index is -0.349. The molecule has 0 bridgehead atoms. The molecule has 0 aliphatic carbocycles. The van der Waals surface area contributed by atoms with Gasteiger partial charge in [-0.2, -0.15) is 10.4 Å². The van der Waals surface area contributed by atoms with Crippen molar-refractivity contribution in [1.29, 1.82) is 5.26 Å². The normalized spacial score (nSPS) is 15.4. The summed E-state index contributed by atoms with van der Waals surface area (Å²) in [6.45, 7) is 1.30. The van der Waals surface area contributed by atoms with Crippen molar-refractivity contribution in [3.05, 3.63) is 66.6 Å². The number of likely N-dealkylation sites (tertiary alicyclic amines) is 1. The summed E-state index contributed by atoms with van der Waals surface area (Å²) in [5, 5.41) is 14.9. The second kappa shape index (κ2) is 9.43. The van der Waals surface area contributed by atoms with Crippen molar-refractivity contribution in [3.63, 3.8) is 0 Å². The Kier molecular flexibility index (Phi) is 6.04. The molecule has 1 fully saturated rings. The van der Waals surface area contributed by atoms with Crippen LogP contribution in [0.4, 0.5) is 4.39 Å². The third-order valence-electron chi connectivity index (χ3n) is 6.53. The lowest BCUT2D eigenvalue weighted by Crippen LogP contribution is -2.39. The molecule has 1 unspecified atom stereocenters. The fourth-order valence-corrected chi connectivity index (χ4v) is 4.68. The number of hydrogen-bond acceptors (Lipinski definition) is 5. The van der Waals surface area contributed by atoms with Crippen LogP contribution in [0.25, 0.3) is 22.3 Å². The van der Waals surface area contributed by atoms with Crippen LogP contribution in [0, 0.1) is 23.1 Å². The summed E-state index contributed by atoms with van der Waals surface area (Å²) in [5.74, 6) is -0.0267. The molecular formula is C25H24FN7O. The number of halogens is 1. The predicted molar refractivity (Wildman–Crippen MR) is 124 cm³/mol. The number of piperidine rings is 1. The van der Waals surface area contributed by atoms with Crippen molar-refractivity contribution in [2.45, 2.75) is 31.7 Å². The van der Waals surface area contributed by atoms with Crippen molar-refractivity contribution in [1.82, 2.24) is 29.6 Å². The van der Waals surface area contributed by atoms with Crippen LogP contribution in [-0.4, -0.2) is 48.6 Å². The van der Waals surface area contributed by atoms with Crippen LogP contribution in [-0.2, 0) is 0 Å². The van der Waals surface area contributed by atoms with E-state index in [1.165, 1.54) is 30.6 Å². The maximum absolute atomic E-state index is 13.2. The van der Waals surface area contributed by atoms with Gasteiger partial charge in [0.25, 0.3) is 5.91 Å². The molecule has 0 radical (unpaired) electrons. The molecule has 8 nitrogen and oxygen atoms in total. The lowest BCUT2D eigenvalue weighted by atomic mass is 9.89. The molecule has 9 heteroatoms. The Balaban J connectivity index is 1.25. The number of nitrogens with one attached hydrogen (secondary N) is 1.